The standard InChI is InChI=1S/C25H30N4O/c1-3-21-9-10-24(16-22(21)4-2)30-14-8-6-5-7-12-27-18-23-19-29-13-11-20(17-26)15-25(29)28-23/h3,9-11,13,15-16,19,27H,1,4-8,12,14,18H2,2H3. The first-order valence-corrected chi connectivity index (χ1v) is 10.7. The van der Waals surface area contributed by atoms with E-state index in [1.54, 1.807) is 6.07 Å². The van der Waals surface area contributed by atoms with E-state index < -0.39 is 0 Å². The number of aryl methyl sites for hydroxylation is 1. The van der Waals surface area contributed by atoms with Crippen LogP contribution in [0.2, 0.25) is 0 Å². The van der Waals surface area contributed by atoms with Crippen LogP contribution >= 0.6 is 0 Å². The largest absolute Gasteiger partial charge is 0.494 e. The highest BCUT2D eigenvalue weighted by Gasteiger charge is 2.03. The molecule has 0 spiro atoms. The molecule has 5 heteroatoms. The molecule has 0 atom stereocenters. The summed E-state index contributed by atoms with van der Waals surface area (Å²) in [4.78, 5) is 4.56. The van der Waals surface area contributed by atoms with E-state index in [1.165, 1.54) is 24.0 Å². The van der Waals surface area contributed by atoms with E-state index in [-0.39, 0.29) is 0 Å². The number of ether oxygens (including phenoxy) is 1. The Morgan fingerprint density at radius 1 is 1.20 bits per heavy atom. The molecule has 30 heavy (non-hydrogen) atoms. The van der Waals surface area contributed by atoms with Crippen molar-refractivity contribution in [3.8, 4) is 11.8 Å². The Bertz CT molecular complexity index is 1020. The molecule has 0 saturated heterocycles. The fraction of sp³-hybridized carbons (Fsp3) is 0.360. The zero-order chi connectivity index (χ0) is 21.2. The SMILES string of the molecule is C=Cc1ccc(OCCCCCCNCc2cn3ccc(C#N)cc3n2)cc1CC. The molecule has 156 valence electrons. The van der Waals surface area contributed by atoms with Crippen LogP contribution in [0, 0.1) is 11.3 Å². The van der Waals surface area contributed by atoms with Gasteiger partial charge in [-0.1, -0.05) is 38.5 Å². The Balaban J connectivity index is 1.27. The van der Waals surface area contributed by atoms with Gasteiger partial charge in [0, 0.05) is 18.9 Å². The molecule has 3 rings (SSSR count). The van der Waals surface area contributed by atoms with Gasteiger partial charge in [-0.05, 0) is 61.2 Å². The summed E-state index contributed by atoms with van der Waals surface area (Å²) in [7, 11) is 0. The lowest BCUT2D eigenvalue weighted by Gasteiger charge is -2.10. The number of rotatable bonds is 12. The quantitative estimate of drug-likeness (QED) is 0.426. The van der Waals surface area contributed by atoms with E-state index in [9.17, 15) is 0 Å². The first-order chi connectivity index (χ1) is 14.7. The molecule has 1 aromatic carbocycles. The first-order valence-electron chi connectivity index (χ1n) is 10.7. The summed E-state index contributed by atoms with van der Waals surface area (Å²) in [5, 5.41) is 12.4. The Morgan fingerprint density at radius 3 is 2.87 bits per heavy atom. The van der Waals surface area contributed by atoms with Crippen molar-refractivity contribution in [2.45, 2.75) is 45.6 Å². The second-order valence-corrected chi connectivity index (χ2v) is 7.38. The summed E-state index contributed by atoms with van der Waals surface area (Å²) < 4.78 is 7.85. The van der Waals surface area contributed by atoms with Crippen molar-refractivity contribution in [1.82, 2.24) is 14.7 Å². The third kappa shape index (κ3) is 5.95. The summed E-state index contributed by atoms with van der Waals surface area (Å²) in [6.07, 6.45) is 11.3. The van der Waals surface area contributed by atoms with Crippen molar-refractivity contribution in [3.63, 3.8) is 0 Å². The van der Waals surface area contributed by atoms with E-state index >= 15 is 0 Å². The molecule has 0 unspecified atom stereocenters. The maximum absolute atomic E-state index is 8.97. The number of aromatic nitrogens is 2. The maximum Gasteiger partial charge on any atom is 0.138 e. The van der Waals surface area contributed by atoms with Gasteiger partial charge in [0.2, 0.25) is 0 Å². The van der Waals surface area contributed by atoms with Gasteiger partial charge >= 0.3 is 0 Å². The number of fused-ring (bicyclic) bond motifs is 1. The second-order valence-electron chi connectivity index (χ2n) is 7.38. The molecule has 1 N–H and O–H groups in total. The summed E-state index contributed by atoms with van der Waals surface area (Å²) in [5.41, 5.74) is 4.91. The van der Waals surface area contributed by atoms with E-state index in [2.05, 4.69) is 42.0 Å². The van der Waals surface area contributed by atoms with Crippen molar-refractivity contribution >= 4 is 11.7 Å². The fourth-order valence-corrected chi connectivity index (χ4v) is 3.48. The van der Waals surface area contributed by atoms with E-state index in [1.807, 2.05) is 35.0 Å². The van der Waals surface area contributed by atoms with E-state index in [4.69, 9.17) is 10.00 Å². The molecular weight excluding hydrogens is 372 g/mol. The third-order valence-electron chi connectivity index (χ3n) is 5.18. The summed E-state index contributed by atoms with van der Waals surface area (Å²) >= 11 is 0. The van der Waals surface area contributed by atoms with Gasteiger partial charge < -0.3 is 14.5 Å². The van der Waals surface area contributed by atoms with Gasteiger partial charge in [0.15, 0.2) is 0 Å². The highest BCUT2D eigenvalue weighted by Crippen LogP contribution is 2.20. The predicted octanol–water partition coefficient (Wildman–Crippen LogP) is 5.14. The molecule has 0 amide bonds. The van der Waals surface area contributed by atoms with Crippen LogP contribution in [0.3, 0.4) is 0 Å². The van der Waals surface area contributed by atoms with Gasteiger partial charge in [-0.15, -0.1) is 0 Å². The number of nitriles is 1. The zero-order valence-corrected chi connectivity index (χ0v) is 17.7. The number of hydrogen-bond acceptors (Lipinski definition) is 4. The van der Waals surface area contributed by atoms with Crippen LogP contribution in [-0.2, 0) is 13.0 Å². The van der Waals surface area contributed by atoms with Crippen LogP contribution < -0.4 is 10.1 Å². The Morgan fingerprint density at radius 2 is 2.07 bits per heavy atom. The molecular formula is C25H30N4O. The molecule has 0 bridgehead atoms. The van der Waals surface area contributed by atoms with Crippen molar-refractivity contribution in [2.75, 3.05) is 13.2 Å². The molecule has 0 radical (unpaired) electrons. The van der Waals surface area contributed by atoms with Gasteiger partial charge in [0.05, 0.1) is 23.9 Å². The molecule has 0 aliphatic heterocycles. The highest BCUT2D eigenvalue weighted by atomic mass is 16.5. The van der Waals surface area contributed by atoms with Gasteiger partial charge in [-0.3, -0.25) is 0 Å². The molecule has 5 nitrogen and oxygen atoms in total. The minimum Gasteiger partial charge on any atom is -0.494 e. The highest BCUT2D eigenvalue weighted by molar-refractivity contribution is 5.54. The third-order valence-corrected chi connectivity index (χ3v) is 5.18. The smallest absolute Gasteiger partial charge is 0.138 e. The first kappa shape index (κ1) is 21.6. The second kappa shape index (κ2) is 11.2. The molecule has 0 aliphatic rings. The maximum atomic E-state index is 8.97. The number of imidazole rings is 1. The minimum atomic E-state index is 0.635. The molecule has 0 aliphatic carbocycles. The van der Waals surface area contributed by atoms with E-state index in [0.717, 1.165) is 56.0 Å². The van der Waals surface area contributed by atoms with Crippen molar-refractivity contribution in [1.29, 1.82) is 5.26 Å². The normalized spacial score (nSPS) is 10.8. The number of nitrogens with one attached hydrogen (secondary N) is 1. The average Bonchev–Trinajstić information content (AvgIpc) is 3.19. The number of hydrogen-bond donors (Lipinski definition) is 1. The molecule has 2 heterocycles. The van der Waals surface area contributed by atoms with Gasteiger partial charge in [0.25, 0.3) is 0 Å². The van der Waals surface area contributed by atoms with Crippen LogP contribution in [0.1, 0.15) is 55.0 Å². The van der Waals surface area contributed by atoms with Crippen LogP contribution in [0.25, 0.3) is 11.7 Å². The Kier molecular flexibility index (Phi) is 8.05. The van der Waals surface area contributed by atoms with Crippen LogP contribution in [0.4, 0.5) is 0 Å². The number of benzene rings is 1. The lowest BCUT2D eigenvalue weighted by Crippen LogP contribution is -2.14. The van der Waals surface area contributed by atoms with Crippen molar-refractivity contribution in [3.05, 3.63) is 71.7 Å². The van der Waals surface area contributed by atoms with Crippen molar-refractivity contribution < 1.29 is 4.74 Å². The summed E-state index contributed by atoms with van der Waals surface area (Å²) in [6, 6.07) is 12.0. The summed E-state index contributed by atoms with van der Waals surface area (Å²) in [6.45, 7) is 8.49. The Labute approximate surface area is 179 Å². The fourth-order valence-electron chi connectivity index (χ4n) is 3.48. The van der Waals surface area contributed by atoms with Crippen LogP contribution in [-0.4, -0.2) is 22.5 Å². The Hall–Kier alpha value is -3.10. The lowest BCUT2D eigenvalue weighted by atomic mass is 10.1. The van der Waals surface area contributed by atoms with Crippen LogP contribution in [0.5, 0.6) is 5.75 Å². The number of nitrogens with zero attached hydrogens (tertiary/aromatic N) is 3. The zero-order valence-electron chi connectivity index (χ0n) is 17.7. The number of pyridine rings is 1. The minimum absolute atomic E-state index is 0.635. The molecule has 0 saturated carbocycles. The van der Waals surface area contributed by atoms with Gasteiger partial charge in [-0.25, -0.2) is 4.98 Å². The average molecular weight is 403 g/mol. The van der Waals surface area contributed by atoms with Crippen molar-refractivity contribution in [2.24, 2.45) is 0 Å². The molecule has 0 fully saturated rings. The summed E-state index contributed by atoms with van der Waals surface area (Å²) in [5.74, 6) is 0.952. The number of unbranched alkanes of at least 4 members (excludes halogenated alkanes) is 3. The predicted molar refractivity (Wildman–Crippen MR) is 121 cm³/mol. The monoisotopic (exact) mass is 402 g/mol. The topological polar surface area (TPSA) is 62.3 Å². The van der Waals surface area contributed by atoms with Crippen LogP contribution in [0.15, 0.2) is 49.3 Å². The lowest BCUT2D eigenvalue weighted by molar-refractivity contribution is 0.304. The van der Waals surface area contributed by atoms with E-state index in [0.29, 0.717) is 5.56 Å². The van der Waals surface area contributed by atoms with Gasteiger partial charge in [-0.2, -0.15) is 5.26 Å². The molecule has 2 aromatic heterocycles. The van der Waals surface area contributed by atoms with Gasteiger partial charge in [0.1, 0.15) is 11.4 Å². The molecule has 3 aromatic rings.